The van der Waals surface area contributed by atoms with Crippen LogP contribution in [0.4, 0.5) is 0 Å². The van der Waals surface area contributed by atoms with E-state index in [1.807, 2.05) is 0 Å². The molecule has 2 aromatic carbocycles. The summed E-state index contributed by atoms with van der Waals surface area (Å²) >= 11 is 0. The molecule has 0 unspecified atom stereocenters. The molecule has 0 fully saturated rings. The molecule has 3 aromatic rings. The summed E-state index contributed by atoms with van der Waals surface area (Å²) in [5.74, 6) is 0.550. The molecule has 8 heteroatoms. The summed E-state index contributed by atoms with van der Waals surface area (Å²) < 4.78 is 16.0. The molecule has 1 heterocycles. The Balaban J connectivity index is 1.71. The Morgan fingerprint density at radius 3 is 2.30 bits per heavy atom. The first-order chi connectivity index (χ1) is 14.4. The lowest BCUT2D eigenvalue weighted by molar-refractivity contribution is 0.0696. The van der Waals surface area contributed by atoms with Gasteiger partial charge in [-0.25, -0.2) is 10.2 Å². The van der Waals surface area contributed by atoms with Crippen molar-refractivity contribution in [3.05, 3.63) is 71.0 Å². The molecule has 0 aliphatic rings. The van der Waals surface area contributed by atoms with Crippen molar-refractivity contribution >= 4 is 18.1 Å². The second kappa shape index (κ2) is 8.95. The standard InChI is InChI=1S/C22H20N2O6/c1-13-8-14(22(26)27)4-6-19(13)20-7-5-16(30-20)12-23-24-21(25)15-9-17(28-2)11-18(10-15)29-3/h4-12H,1-3H3,(H,24,25)(H,26,27)/b23-12+. The fourth-order valence-electron chi connectivity index (χ4n) is 2.80. The number of rotatable bonds is 7. The van der Waals surface area contributed by atoms with Gasteiger partial charge in [0.15, 0.2) is 0 Å². The largest absolute Gasteiger partial charge is 0.497 e. The monoisotopic (exact) mass is 408 g/mol. The Morgan fingerprint density at radius 2 is 1.70 bits per heavy atom. The summed E-state index contributed by atoms with van der Waals surface area (Å²) in [5, 5.41) is 13.0. The van der Waals surface area contributed by atoms with Gasteiger partial charge in [0, 0.05) is 17.2 Å². The summed E-state index contributed by atoms with van der Waals surface area (Å²) in [6, 6.07) is 13.0. The summed E-state index contributed by atoms with van der Waals surface area (Å²) in [4.78, 5) is 23.4. The van der Waals surface area contributed by atoms with Crippen molar-refractivity contribution in [2.75, 3.05) is 14.2 Å². The summed E-state index contributed by atoms with van der Waals surface area (Å²) in [5.41, 5.74) is 4.51. The predicted octanol–water partition coefficient (Wildman–Crippen LogP) is 3.73. The number of hydrazone groups is 1. The zero-order valence-electron chi connectivity index (χ0n) is 16.6. The fraction of sp³-hybridized carbons (Fsp3) is 0.136. The number of nitrogens with zero attached hydrogens (tertiary/aromatic N) is 1. The van der Waals surface area contributed by atoms with E-state index in [0.29, 0.717) is 28.6 Å². The van der Waals surface area contributed by atoms with Crippen LogP contribution in [0.3, 0.4) is 0 Å². The maximum atomic E-state index is 12.3. The zero-order chi connectivity index (χ0) is 21.7. The topological polar surface area (TPSA) is 110 Å². The Labute approximate surface area is 172 Å². The third-order valence-corrected chi connectivity index (χ3v) is 4.34. The second-order valence-electron chi connectivity index (χ2n) is 6.34. The number of amides is 1. The number of carbonyl (C=O) groups excluding carboxylic acids is 1. The van der Waals surface area contributed by atoms with Gasteiger partial charge in [-0.3, -0.25) is 4.79 Å². The smallest absolute Gasteiger partial charge is 0.335 e. The summed E-state index contributed by atoms with van der Waals surface area (Å²) in [6.45, 7) is 1.81. The van der Waals surface area contributed by atoms with Gasteiger partial charge in [-0.15, -0.1) is 0 Å². The average molecular weight is 408 g/mol. The van der Waals surface area contributed by atoms with Crippen molar-refractivity contribution in [3.8, 4) is 22.8 Å². The quantitative estimate of drug-likeness (QED) is 0.455. The number of hydrogen-bond acceptors (Lipinski definition) is 6. The number of ether oxygens (including phenoxy) is 2. The van der Waals surface area contributed by atoms with Gasteiger partial charge in [0.2, 0.25) is 0 Å². The zero-order valence-corrected chi connectivity index (χ0v) is 16.6. The van der Waals surface area contributed by atoms with Crippen molar-refractivity contribution in [2.24, 2.45) is 5.10 Å². The molecule has 0 atom stereocenters. The van der Waals surface area contributed by atoms with Crippen LogP contribution in [-0.4, -0.2) is 37.4 Å². The highest BCUT2D eigenvalue weighted by Crippen LogP contribution is 2.26. The van der Waals surface area contributed by atoms with E-state index >= 15 is 0 Å². The van der Waals surface area contributed by atoms with Gasteiger partial charge >= 0.3 is 5.97 Å². The van der Waals surface area contributed by atoms with Crippen molar-refractivity contribution in [2.45, 2.75) is 6.92 Å². The van der Waals surface area contributed by atoms with Crippen LogP contribution in [0.5, 0.6) is 11.5 Å². The molecule has 154 valence electrons. The van der Waals surface area contributed by atoms with Crippen molar-refractivity contribution in [3.63, 3.8) is 0 Å². The van der Waals surface area contributed by atoms with Crippen molar-refractivity contribution in [1.82, 2.24) is 5.43 Å². The van der Waals surface area contributed by atoms with Crippen LogP contribution in [0.15, 0.2) is 58.0 Å². The van der Waals surface area contributed by atoms with E-state index in [1.54, 1.807) is 49.4 Å². The van der Waals surface area contributed by atoms with Gasteiger partial charge in [-0.2, -0.15) is 5.10 Å². The molecule has 3 rings (SSSR count). The van der Waals surface area contributed by atoms with Crippen LogP contribution in [0.1, 0.15) is 32.0 Å². The molecule has 8 nitrogen and oxygen atoms in total. The Hall–Kier alpha value is -4.07. The van der Waals surface area contributed by atoms with Crippen molar-refractivity contribution in [1.29, 1.82) is 0 Å². The molecule has 0 radical (unpaired) electrons. The molecule has 2 N–H and O–H groups in total. The maximum absolute atomic E-state index is 12.3. The van der Waals surface area contributed by atoms with Crippen molar-refractivity contribution < 1.29 is 28.6 Å². The minimum atomic E-state index is -0.985. The Bertz CT molecular complexity index is 1090. The second-order valence-corrected chi connectivity index (χ2v) is 6.34. The lowest BCUT2D eigenvalue weighted by Crippen LogP contribution is -2.17. The average Bonchev–Trinajstić information content (AvgIpc) is 3.21. The predicted molar refractivity (Wildman–Crippen MR) is 110 cm³/mol. The number of carbonyl (C=O) groups is 2. The minimum Gasteiger partial charge on any atom is -0.497 e. The molecule has 0 saturated carbocycles. The minimum absolute atomic E-state index is 0.210. The molecular weight excluding hydrogens is 388 g/mol. The van der Waals surface area contributed by atoms with Crippen LogP contribution in [-0.2, 0) is 0 Å². The van der Waals surface area contributed by atoms with E-state index in [9.17, 15) is 9.59 Å². The van der Waals surface area contributed by atoms with Gasteiger partial charge in [0.1, 0.15) is 23.0 Å². The fourth-order valence-corrected chi connectivity index (χ4v) is 2.80. The highest BCUT2D eigenvalue weighted by molar-refractivity contribution is 5.95. The van der Waals surface area contributed by atoms with Crippen LogP contribution in [0.2, 0.25) is 0 Å². The first-order valence-electron chi connectivity index (χ1n) is 8.92. The van der Waals surface area contributed by atoms with Gasteiger partial charge in [-0.1, -0.05) is 6.07 Å². The molecular formula is C22H20N2O6. The Kier molecular flexibility index (Phi) is 6.17. The van der Waals surface area contributed by atoms with E-state index in [1.165, 1.54) is 26.5 Å². The molecule has 0 aliphatic heterocycles. The van der Waals surface area contributed by atoms with E-state index in [0.717, 1.165) is 11.1 Å². The number of hydrogen-bond donors (Lipinski definition) is 2. The van der Waals surface area contributed by atoms with E-state index in [2.05, 4.69) is 10.5 Å². The van der Waals surface area contributed by atoms with Crippen LogP contribution in [0.25, 0.3) is 11.3 Å². The molecule has 0 bridgehead atoms. The van der Waals surface area contributed by atoms with E-state index in [4.69, 9.17) is 19.0 Å². The molecule has 30 heavy (non-hydrogen) atoms. The SMILES string of the molecule is COc1cc(OC)cc(C(=O)N/N=C/c2ccc(-c3ccc(C(=O)O)cc3C)o2)c1. The molecule has 1 aromatic heterocycles. The lowest BCUT2D eigenvalue weighted by atomic mass is 10.0. The number of carboxylic acids is 1. The maximum Gasteiger partial charge on any atom is 0.335 e. The van der Waals surface area contributed by atoms with Gasteiger partial charge in [0.05, 0.1) is 26.0 Å². The Morgan fingerprint density at radius 1 is 1.00 bits per heavy atom. The van der Waals surface area contributed by atoms with Crippen LogP contribution < -0.4 is 14.9 Å². The molecule has 1 amide bonds. The van der Waals surface area contributed by atoms with Gasteiger partial charge in [-0.05, 0) is 48.9 Å². The van der Waals surface area contributed by atoms with Crippen LogP contribution >= 0.6 is 0 Å². The molecule has 0 saturated heterocycles. The molecule has 0 spiro atoms. The summed E-state index contributed by atoms with van der Waals surface area (Å²) in [6.07, 6.45) is 1.37. The highest BCUT2D eigenvalue weighted by Gasteiger charge is 2.11. The normalized spacial score (nSPS) is 10.8. The highest BCUT2D eigenvalue weighted by atomic mass is 16.5. The van der Waals surface area contributed by atoms with E-state index in [-0.39, 0.29) is 5.56 Å². The lowest BCUT2D eigenvalue weighted by Gasteiger charge is -2.07. The first kappa shape index (κ1) is 20.7. The van der Waals surface area contributed by atoms with E-state index < -0.39 is 11.9 Å². The number of nitrogens with one attached hydrogen (secondary N) is 1. The number of aryl methyl sites for hydroxylation is 1. The number of aromatic carboxylic acids is 1. The van der Waals surface area contributed by atoms with Gasteiger partial charge < -0.3 is 19.0 Å². The van der Waals surface area contributed by atoms with Crippen LogP contribution in [0, 0.1) is 6.92 Å². The molecule has 0 aliphatic carbocycles. The number of methoxy groups -OCH3 is 2. The first-order valence-corrected chi connectivity index (χ1v) is 8.92. The summed E-state index contributed by atoms with van der Waals surface area (Å²) in [7, 11) is 3.00. The number of carboxylic acid groups (broad SMARTS) is 1. The third kappa shape index (κ3) is 4.67. The third-order valence-electron chi connectivity index (χ3n) is 4.34. The number of benzene rings is 2. The van der Waals surface area contributed by atoms with Gasteiger partial charge in [0.25, 0.3) is 5.91 Å². The number of furan rings is 1.